The number of ether oxygens (including phenoxy) is 1. The fourth-order valence-corrected chi connectivity index (χ4v) is 4.60. The molecule has 6 heteroatoms. The molecule has 1 heterocycles. The molecule has 1 rings (SSSR count). The van der Waals surface area contributed by atoms with E-state index < -0.39 is 0 Å². The Balaban J connectivity index is 0.00000841. The van der Waals surface area contributed by atoms with Crippen LogP contribution in [0.3, 0.4) is 0 Å². The summed E-state index contributed by atoms with van der Waals surface area (Å²) in [6.45, 7) is 5.21. The molecule has 0 unspecified atom stereocenters. The first-order valence-electron chi connectivity index (χ1n) is 11.9. The van der Waals surface area contributed by atoms with Crippen LogP contribution in [0.25, 0.3) is 0 Å². The first-order chi connectivity index (χ1) is 14.2. The van der Waals surface area contributed by atoms with Crippen molar-refractivity contribution < 1.29 is 31.6 Å². The second kappa shape index (κ2) is 20.3. The zero-order chi connectivity index (χ0) is 21.2. The molecule has 0 aliphatic rings. The van der Waals surface area contributed by atoms with Gasteiger partial charge in [0.2, 0.25) is 12.1 Å². The van der Waals surface area contributed by atoms with E-state index in [1.54, 1.807) is 11.3 Å². The van der Waals surface area contributed by atoms with E-state index in [9.17, 15) is 4.79 Å². The molecule has 4 nitrogen and oxygen atoms in total. The van der Waals surface area contributed by atoms with Crippen molar-refractivity contribution in [3.63, 3.8) is 0 Å². The predicted molar refractivity (Wildman–Crippen MR) is 121 cm³/mol. The smallest absolute Gasteiger partial charge is 0.372 e. The van der Waals surface area contributed by atoms with Crippen LogP contribution in [0, 0.1) is 6.92 Å². The fourth-order valence-electron chi connectivity index (χ4n) is 3.62. The minimum absolute atomic E-state index is 0. The molecule has 1 aromatic heterocycles. The van der Waals surface area contributed by atoms with Crippen molar-refractivity contribution in [1.82, 2.24) is 0 Å². The molecular weight excluding hydrogens is 418 g/mol. The topological polar surface area (TPSA) is 50.4 Å². The van der Waals surface area contributed by atoms with Crippen molar-refractivity contribution in [2.45, 2.75) is 117 Å². The number of halogens is 1. The molecule has 0 fully saturated rings. The summed E-state index contributed by atoms with van der Waals surface area (Å²) < 4.78 is 7.29. The number of carbonyl (C=O) groups is 1. The van der Waals surface area contributed by atoms with Crippen molar-refractivity contribution in [3.05, 3.63) is 16.1 Å². The largest absolute Gasteiger partial charge is 1.00 e. The van der Waals surface area contributed by atoms with Crippen LogP contribution in [0.1, 0.15) is 107 Å². The number of aromatic nitrogens is 1. The lowest BCUT2D eigenvalue weighted by atomic mass is 10.0. The third-order valence-corrected chi connectivity index (χ3v) is 6.70. The monoisotopic (exact) mass is 461 g/mol. The molecule has 0 saturated heterocycles. The maximum absolute atomic E-state index is 12.0. The summed E-state index contributed by atoms with van der Waals surface area (Å²) >= 11 is 1.59. The molecule has 0 amide bonds. The van der Waals surface area contributed by atoms with Gasteiger partial charge in [-0.2, -0.15) is 4.57 Å². The summed E-state index contributed by atoms with van der Waals surface area (Å²) in [5, 5.41) is 9.04. The number of aliphatic hydroxyl groups is 1. The summed E-state index contributed by atoms with van der Waals surface area (Å²) in [4.78, 5) is 13.1. The Hall–Kier alpha value is -0.650. The molecule has 0 aliphatic carbocycles. The van der Waals surface area contributed by atoms with Crippen molar-refractivity contribution in [1.29, 1.82) is 0 Å². The summed E-state index contributed by atoms with van der Waals surface area (Å²) in [6, 6.07) is 0. The number of rotatable bonds is 19. The van der Waals surface area contributed by atoms with Gasteiger partial charge in [0.05, 0.1) is 11.5 Å². The van der Waals surface area contributed by atoms with Crippen LogP contribution in [-0.4, -0.2) is 24.3 Å². The minimum Gasteiger partial charge on any atom is -1.00 e. The summed E-state index contributed by atoms with van der Waals surface area (Å²) in [5.41, 5.74) is 2.99. The number of hydrogen-bond donors (Lipinski definition) is 1. The van der Waals surface area contributed by atoms with E-state index in [1.165, 1.54) is 77.0 Å². The van der Waals surface area contributed by atoms with Crippen LogP contribution in [0.2, 0.25) is 0 Å². The number of nitrogens with zero attached hydrogens (tertiary/aromatic N) is 1. The zero-order valence-corrected chi connectivity index (χ0v) is 20.9. The molecule has 0 aliphatic heterocycles. The highest BCUT2D eigenvalue weighted by atomic mass is 35.5. The molecule has 176 valence electrons. The lowest BCUT2D eigenvalue weighted by Gasteiger charge is -2.04. The van der Waals surface area contributed by atoms with E-state index in [4.69, 9.17) is 9.84 Å². The fraction of sp³-hybridized carbons (Fsp3) is 0.833. The maximum atomic E-state index is 12.0. The van der Waals surface area contributed by atoms with Gasteiger partial charge in [-0.1, -0.05) is 102 Å². The van der Waals surface area contributed by atoms with Gasteiger partial charge in [0.1, 0.15) is 0 Å². The Morgan fingerprint density at radius 3 is 1.93 bits per heavy atom. The van der Waals surface area contributed by atoms with Gasteiger partial charge in [0, 0.05) is 20.0 Å². The highest BCUT2D eigenvalue weighted by Crippen LogP contribution is 2.13. The van der Waals surface area contributed by atoms with E-state index in [-0.39, 0.29) is 31.5 Å². The number of aliphatic hydroxyl groups excluding tert-OH is 1. The average molecular weight is 462 g/mol. The third-order valence-electron chi connectivity index (χ3n) is 5.56. The number of thiazole rings is 1. The van der Waals surface area contributed by atoms with Gasteiger partial charge < -0.3 is 22.3 Å². The van der Waals surface area contributed by atoms with Crippen LogP contribution >= 0.6 is 11.3 Å². The second-order valence-corrected chi connectivity index (χ2v) is 9.09. The number of unbranched alkanes of at least 4 members (excludes halogenated alkanes) is 13. The third kappa shape index (κ3) is 14.4. The Labute approximate surface area is 194 Å². The average Bonchev–Trinajstić information content (AvgIpc) is 3.05. The zero-order valence-electron chi connectivity index (χ0n) is 19.3. The molecule has 30 heavy (non-hydrogen) atoms. The van der Waals surface area contributed by atoms with Crippen LogP contribution in [-0.2, 0) is 22.5 Å². The molecule has 0 radical (unpaired) electrons. The van der Waals surface area contributed by atoms with E-state index >= 15 is 0 Å². The first-order valence-corrected chi connectivity index (χ1v) is 12.8. The summed E-state index contributed by atoms with van der Waals surface area (Å²) in [6.07, 6.45) is 19.3. The Kier molecular flexibility index (Phi) is 19.8. The highest BCUT2D eigenvalue weighted by Gasteiger charge is 2.18. The van der Waals surface area contributed by atoms with Gasteiger partial charge in [-0.25, -0.2) is 4.79 Å². The van der Waals surface area contributed by atoms with E-state index in [2.05, 4.69) is 6.92 Å². The second-order valence-electron chi connectivity index (χ2n) is 8.15. The van der Waals surface area contributed by atoms with Crippen LogP contribution in [0.5, 0.6) is 0 Å². The lowest BCUT2D eigenvalue weighted by Crippen LogP contribution is -3.00. The Morgan fingerprint density at radius 2 is 1.43 bits per heavy atom. The molecule has 0 spiro atoms. The minimum atomic E-state index is -0.166. The molecule has 0 aromatic carbocycles. The molecule has 0 bridgehead atoms. The van der Waals surface area contributed by atoms with Crippen molar-refractivity contribution in [2.75, 3.05) is 13.2 Å². The van der Waals surface area contributed by atoms with Crippen LogP contribution < -0.4 is 17.0 Å². The number of carbonyl (C=O) groups excluding carboxylic acids is 1. The van der Waals surface area contributed by atoms with E-state index in [1.807, 2.05) is 17.0 Å². The maximum Gasteiger partial charge on any atom is 0.372 e. The lowest BCUT2D eigenvalue weighted by molar-refractivity contribution is -0.687. The SMILES string of the molecule is CCCCCCCCCCCCCCCCOC(=O)C[n+]1csc(CCO)c1C.[Cl-]. The van der Waals surface area contributed by atoms with E-state index in [0.717, 1.165) is 23.4 Å². The first kappa shape index (κ1) is 29.4. The van der Waals surface area contributed by atoms with Gasteiger partial charge >= 0.3 is 5.97 Å². The highest BCUT2D eigenvalue weighted by molar-refractivity contribution is 7.09. The van der Waals surface area contributed by atoms with Crippen LogP contribution in [0.15, 0.2) is 5.51 Å². The van der Waals surface area contributed by atoms with Gasteiger partial charge in [0.25, 0.3) is 0 Å². The standard InChI is InChI=1S/C24H44NO3S.ClH/c1-3-4-5-6-7-8-9-10-11-12-13-14-15-16-19-28-24(27)20-25-21-29-23(17-18-26)22(25)2;/h21,26H,3-20H2,1-2H3;1H/q+1;/p-1. The normalized spacial score (nSPS) is 10.8. The number of hydrogen-bond acceptors (Lipinski definition) is 4. The Bertz CT molecular complexity index is 537. The van der Waals surface area contributed by atoms with Crippen molar-refractivity contribution in [2.24, 2.45) is 0 Å². The molecule has 0 saturated carbocycles. The molecule has 1 N–H and O–H groups in total. The summed E-state index contributed by atoms with van der Waals surface area (Å²) in [5.74, 6) is -0.166. The molecular formula is C24H44ClNO3S. The molecule has 1 aromatic rings. The van der Waals surface area contributed by atoms with E-state index in [0.29, 0.717) is 13.0 Å². The van der Waals surface area contributed by atoms with Gasteiger partial charge in [-0.05, 0) is 6.42 Å². The van der Waals surface area contributed by atoms with Crippen molar-refractivity contribution in [3.8, 4) is 0 Å². The Morgan fingerprint density at radius 1 is 0.933 bits per heavy atom. The van der Waals surface area contributed by atoms with Gasteiger partial charge in [-0.15, -0.1) is 0 Å². The van der Waals surface area contributed by atoms with Gasteiger partial charge in [-0.3, -0.25) is 0 Å². The molecule has 0 atom stereocenters. The predicted octanol–water partition coefficient (Wildman–Crippen LogP) is 2.91. The van der Waals surface area contributed by atoms with Crippen LogP contribution in [0.4, 0.5) is 0 Å². The van der Waals surface area contributed by atoms with Crippen molar-refractivity contribution >= 4 is 17.3 Å². The summed E-state index contributed by atoms with van der Waals surface area (Å²) in [7, 11) is 0. The number of esters is 1. The van der Waals surface area contributed by atoms with Gasteiger partial charge in [0.15, 0.2) is 5.69 Å². The quantitative estimate of drug-likeness (QED) is 0.196.